The van der Waals surface area contributed by atoms with Crippen LogP contribution in [0, 0.1) is 0 Å². The first-order valence-electron chi connectivity index (χ1n) is 10.7. The zero-order chi connectivity index (χ0) is 21.4. The standard InChI is InChI=1S/C25H25ClN4O/c1-2-18-6-8-19(9-7-18)16-30-24(31)22-17-28(15-20-4-3-5-21(26)14-20)12-10-23(22)29-13-11-27-25(29)30/h3-9,11,13-14H,2,10,12,15-17H2,1H3. The highest BCUT2D eigenvalue weighted by Crippen LogP contribution is 2.21. The number of fused-ring (bicyclic) bond motifs is 3. The second-order valence-corrected chi connectivity index (χ2v) is 8.61. The van der Waals surface area contributed by atoms with E-state index in [0.717, 1.165) is 53.3 Å². The van der Waals surface area contributed by atoms with Crippen LogP contribution in [0.1, 0.15) is 34.9 Å². The number of nitrogens with zero attached hydrogens (tertiary/aromatic N) is 4. The summed E-state index contributed by atoms with van der Waals surface area (Å²) in [5.41, 5.74) is 5.57. The van der Waals surface area contributed by atoms with Crippen molar-refractivity contribution in [2.45, 2.75) is 39.4 Å². The Morgan fingerprint density at radius 3 is 2.61 bits per heavy atom. The summed E-state index contributed by atoms with van der Waals surface area (Å²) in [6.07, 6.45) is 5.58. The van der Waals surface area contributed by atoms with Crippen molar-refractivity contribution >= 4 is 17.4 Å². The van der Waals surface area contributed by atoms with Crippen LogP contribution in [0.25, 0.3) is 5.78 Å². The van der Waals surface area contributed by atoms with Crippen LogP contribution in [0.3, 0.4) is 0 Å². The first kappa shape index (κ1) is 20.0. The lowest BCUT2D eigenvalue weighted by molar-refractivity contribution is 0.240. The molecule has 2 aromatic carbocycles. The summed E-state index contributed by atoms with van der Waals surface area (Å²) in [6, 6.07) is 16.4. The Bertz CT molecular complexity index is 1290. The van der Waals surface area contributed by atoms with Crippen molar-refractivity contribution in [3.05, 3.63) is 104 Å². The Balaban J connectivity index is 1.50. The highest BCUT2D eigenvalue weighted by molar-refractivity contribution is 6.30. The van der Waals surface area contributed by atoms with Crippen LogP contribution in [0.15, 0.2) is 65.7 Å². The molecule has 1 aliphatic heterocycles. The van der Waals surface area contributed by atoms with Crippen LogP contribution in [-0.2, 0) is 32.5 Å². The van der Waals surface area contributed by atoms with Gasteiger partial charge >= 0.3 is 0 Å². The largest absolute Gasteiger partial charge is 0.294 e. The van der Waals surface area contributed by atoms with E-state index in [0.29, 0.717) is 18.9 Å². The number of aryl methyl sites for hydroxylation is 1. The number of aromatic nitrogens is 3. The fourth-order valence-electron chi connectivity index (χ4n) is 4.46. The molecule has 0 aliphatic carbocycles. The van der Waals surface area contributed by atoms with Gasteiger partial charge in [0, 0.05) is 49.2 Å². The van der Waals surface area contributed by atoms with E-state index in [9.17, 15) is 4.79 Å². The third-order valence-corrected chi connectivity index (χ3v) is 6.35. The van der Waals surface area contributed by atoms with Crippen LogP contribution in [-0.4, -0.2) is 25.4 Å². The van der Waals surface area contributed by atoms with E-state index < -0.39 is 0 Å². The normalized spacial score (nSPS) is 14.1. The van der Waals surface area contributed by atoms with Gasteiger partial charge in [-0.25, -0.2) is 4.98 Å². The second-order valence-electron chi connectivity index (χ2n) is 8.17. The molecule has 0 amide bonds. The van der Waals surface area contributed by atoms with Crippen LogP contribution >= 0.6 is 11.6 Å². The van der Waals surface area contributed by atoms with Crippen molar-refractivity contribution < 1.29 is 0 Å². The molecule has 3 heterocycles. The molecule has 0 atom stereocenters. The SMILES string of the molecule is CCc1ccc(Cn2c(=O)c3c(n4ccnc24)CCN(Cc2cccc(Cl)c2)C3)cc1. The molecule has 0 radical (unpaired) electrons. The molecular weight excluding hydrogens is 408 g/mol. The molecule has 0 bridgehead atoms. The van der Waals surface area contributed by atoms with Gasteiger partial charge in [0.1, 0.15) is 0 Å². The van der Waals surface area contributed by atoms with E-state index >= 15 is 0 Å². The highest BCUT2D eigenvalue weighted by Gasteiger charge is 2.24. The number of imidazole rings is 1. The van der Waals surface area contributed by atoms with E-state index in [4.69, 9.17) is 11.6 Å². The van der Waals surface area contributed by atoms with Gasteiger partial charge in [-0.2, -0.15) is 0 Å². The molecule has 0 saturated carbocycles. The van der Waals surface area contributed by atoms with Gasteiger partial charge in [-0.05, 0) is 35.2 Å². The van der Waals surface area contributed by atoms with Gasteiger partial charge in [0.05, 0.1) is 12.1 Å². The molecule has 5 nitrogen and oxygen atoms in total. The minimum Gasteiger partial charge on any atom is -0.294 e. The summed E-state index contributed by atoms with van der Waals surface area (Å²) in [6.45, 7) is 4.97. The van der Waals surface area contributed by atoms with Gasteiger partial charge in [-0.1, -0.05) is 54.9 Å². The molecule has 158 valence electrons. The van der Waals surface area contributed by atoms with Crippen molar-refractivity contribution in [2.75, 3.05) is 6.54 Å². The molecule has 2 aromatic heterocycles. The molecule has 0 saturated heterocycles. The van der Waals surface area contributed by atoms with Gasteiger partial charge < -0.3 is 0 Å². The van der Waals surface area contributed by atoms with E-state index in [1.165, 1.54) is 5.56 Å². The molecule has 1 aliphatic rings. The van der Waals surface area contributed by atoms with E-state index in [2.05, 4.69) is 51.5 Å². The van der Waals surface area contributed by atoms with Crippen LogP contribution in [0.5, 0.6) is 0 Å². The van der Waals surface area contributed by atoms with Crippen molar-refractivity contribution in [3.63, 3.8) is 0 Å². The van der Waals surface area contributed by atoms with E-state index in [-0.39, 0.29) is 5.56 Å². The zero-order valence-corrected chi connectivity index (χ0v) is 18.3. The van der Waals surface area contributed by atoms with Gasteiger partial charge in [0.2, 0.25) is 5.78 Å². The lowest BCUT2D eigenvalue weighted by Gasteiger charge is -2.29. The summed E-state index contributed by atoms with van der Waals surface area (Å²) < 4.78 is 3.90. The van der Waals surface area contributed by atoms with Gasteiger partial charge in [0.15, 0.2) is 0 Å². The number of rotatable bonds is 5. The molecule has 31 heavy (non-hydrogen) atoms. The van der Waals surface area contributed by atoms with E-state index in [1.54, 1.807) is 6.20 Å². The topological polar surface area (TPSA) is 42.5 Å². The van der Waals surface area contributed by atoms with Crippen LogP contribution in [0.4, 0.5) is 0 Å². The Hall–Kier alpha value is -2.89. The first-order valence-corrected chi connectivity index (χ1v) is 11.1. The third kappa shape index (κ3) is 3.91. The third-order valence-electron chi connectivity index (χ3n) is 6.12. The first-order chi connectivity index (χ1) is 15.1. The predicted molar refractivity (Wildman–Crippen MR) is 124 cm³/mol. The Morgan fingerprint density at radius 1 is 1.03 bits per heavy atom. The minimum atomic E-state index is 0.0593. The molecule has 5 rings (SSSR count). The van der Waals surface area contributed by atoms with E-state index in [1.807, 2.05) is 29.0 Å². The summed E-state index contributed by atoms with van der Waals surface area (Å²) in [7, 11) is 0. The number of halogens is 1. The van der Waals surface area contributed by atoms with Crippen molar-refractivity contribution in [1.29, 1.82) is 0 Å². The van der Waals surface area contributed by atoms with Gasteiger partial charge in [-0.15, -0.1) is 0 Å². The zero-order valence-electron chi connectivity index (χ0n) is 17.6. The molecule has 0 unspecified atom stereocenters. The van der Waals surface area contributed by atoms with Gasteiger partial charge in [0.25, 0.3) is 5.56 Å². The minimum absolute atomic E-state index is 0.0593. The molecule has 4 aromatic rings. The van der Waals surface area contributed by atoms with Crippen molar-refractivity contribution in [2.24, 2.45) is 0 Å². The number of hydrogen-bond acceptors (Lipinski definition) is 3. The quantitative estimate of drug-likeness (QED) is 0.471. The molecule has 0 spiro atoms. The lowest BCUT2D eigenvalue weighted by atomic mass is 10.1. The van der Waals surface area contributed by atoms with Crippen LogP contribution in [0.2, 0.25) is 5.02 Å². The number of hydrogen-bond donors (Lipinski definition) is 0. The van der Waals surface area contributed by atoms with Crippen LogP contribution < -0.4 is 5.56 Å². The molecule has 0 fully saturated rings. The maximum absolute atomic E-state index is 13.6. The summed E-state index contributed by atoms with van der Waals surface area (Å²) in [4.78, 5) is 20.4. The summed E-state index contributed by atoms with van der Waals surface area (Å²) in [5.74, 6) is 0.714. The summed E-state index contributed by atoms with van der Waals surface area (Å²) >= 11 is 6.16. The fraction of sp³-hybridized carbons (Fsp3) is 0.280. The predicted octanol–water partition coefficient (Wildman–Crippen LogP) is 4.32. The number of benzene rings is 2. The Morgan fingerprint density at radius 2 is 1.84 bits per heavy atom. The highest BCUT2D eigenvalue weighted by atomic mass is 35.5. The monoisotopic (exact) mass is 432 g/mol. The second kappa shape index (κ2) is 8.33. The van der Waals surface area contributed by atoms with Crippen molar-refractivity contribution in [3.8, 4) is 0 Å². The van der Waals surface area contributed by atoms with Crippen molar-refractivity contribution in [1.82, 2.24) is 18.9 Å². The Labute approximate surface area is 186 Å². The maximum atomic E-state index is 13.6. The Kier molecular flexibility index (Phi) is 5.38. The molecule has 6 heteroatoms. The maximum Gasteiger partial charge on any atom is 0.259 e. The average molecular weight is 433 g/mol. The molecule has 0 N–H and O–H groups in total. The lowest BCUT2D eigenvalue weighted by Crippen LogP contribution is -2.38. The average Bonchev–Trinajstić information content (AvgIpc) is 3.27. The van der Waals surface area contributed by atoms with Gasteiger partial charge in [-0.3, -0.25) is 18.7 Å². The molecular formula is C25H25ClN4O. The smallest absolute Gasteiger partial charge is 0.259 e. The fourth-order valence-corrected chi connectivity index (χ4v) is 4.67. The summed E-state index contributed by atoms with van der Waals surface area (Å²) in [5, 5.41) is 0.742.